The average Bonchev–Trinajstić information content (AvgIpc) is 3.71. The Kier molecular flexibility index (Phi) is 14.9. The Balaban J connectivity index is 0.822. The number of hydrogen-bond donors (Lipinski definition) is 3. The predicted molar refractivity (Wildman–Crippen MR) is 235 cm³/mol. The average molecular weight is 886 g/mol. The number of nitrogens with zero attached hydrogens (tertiary/aromatic N) is 6. The maximum Gasteiger partial charge on any atom is 0.433 e. The van der Waals surface area contributed by atoms with Gasteiger partial charge in [0.1, 0.15) is 23.7 Å². The first-order valence-electron chi connectivity index (χ1n) is 21.9. The minimum atomic E-state index is -4.67. The highest BCUT2D eigenvalue weighted by Gasteiger charge is 2.33. The van der Waals surface area contributed by atoms with Gasteiger partial charge >= 0.3 is 12.1 Å². The smallest absolute Gasteiger partial charge is 0.433 e. The van der Waals surface area contributed by atoms with E-state index >= 15 is 0 Å². The van der Waals surface area contributed by atoms with Crippen molar-refractivity contribution in [2.24, 2.45) is 11.8 Å². The number of aromatic nitrogens is 5. The van der Waals surface area contributed by atoms with Crippen LogP contribution >= 0.6 is 0 Å². The molecule has 0 bridgehead atoms. The van der Waals surface area contributed by atoms with E-state index in [4.69, 9.17) is 14.6 Å². The number of piperidine rings is 1. The number of pyridine rings is 3. The van der Waals surface area contributed by atoms with Gasteiger partial charge in [-0.25, -0.2) is 4.98 Å². The van der Waals surface area contributed by atoms with Crippen molar-refractivity contribution in [2.75, 3.05) is 55.4 Å². The van der Waals surface area contributed by atoms with Crippen LogP contribution in [0.3, 0.4) is 0 Å². The lowest BCUT2D eigenvalue weighted by atomic mass is 9.86. The van der Waals surface area contributed by atoms with Gasteiger partial charge in [-0.15, -0.1) is 0 Å². The number of halogens is 3. The lowest BCUT2D eigenvalue weighted by molar-refractivity contribution is -0.144. The van der Waals surface area contributed by atoms with E-state index in [0.717, 1.165) is 106 Å². The van der Waals surface area contributed by atoms with Crippen LogP contribution in [0, 0.1) is 11.8 Å². The number of rotatable bonds is 17. The Labute approximate surface area is 368 Å². The fourth-order valence-electron chi connectivity index (χ4n) is 8.46. The van der Waals surface area contributed by atoms with Crippen LogP contribution in [0.25, 0.3) is 10.9 Å². The number of nitrogens with one attached hydrogen (secondary N) is 3. The van der Waals surface area contributed by atoms with Crippen molar-refractivity contribution < 1.29 is 37.0 Å². The summed E-state index contributed by atoms with van der Waals surface area (Å²) in [5.41, 5.74) is 1.75. The van der Waals surface area contributed by atoms with E-state index in [9.17, 15) is 32.3 Å². The number of anilines is 3. The molecule has 2 amide bonds. The molecular weight excluding hydrogens is 832 g/mol. The van der Waals surface area contributed by atoms with Crippen LogP contribution in [-0.4, -0.2) is 82.0 Å². The maximum absolute atomic E-state index is 13.3. The van der Waals surface area contributed by atoms with Crippen molar-refractivity contribution in [3.05, 3.63) is 101 Å². The third-order valence-electron chi connectivity index (χ3n) is 11.8. The first-order valence-corrected chi connectivity index (χ1v) is 21.9. The van der Waals surface area contributed by atoms with Crippen LogP contribution in [0.2, 0.25) is 0 Å². The summed E-state index contributed by atoms with van der Waals surface area (Å²) in [4.78, 5) is 60.6. The second kappa shape index (κ2) is 20.9. The zero-order valence-corrected chi connectivity index (χ0v) is 36.0. The Morgan fingerprint density at radius 3 is 2.56 bits per heavy atom. The lowest BCUT2D eigenvalue weighted by Crippen LogP contribution is -2.41. The van der Waals surface area contributed by atoms with Crippen molar-refractivity contribution in [1.29, 1.82) is 0 Å². The number of carbonyl (C=O) groups is 3. The quantitative estimate of drug-likeness (QED) is 0.0646. The second-order valence-electron chi connectivity index (χ2n) is 16.4. The van der Waals surface area contributed by atoms with Gasteiger partial charge in [-0.2, -0.15) is 18.3 Å². The zero-order valence-electron chi connectivity index (χ0n) is 36.0. The first kappa shape index (κ1) is 45.7. The van der Waals surface area contributed by atoms with Crippen LogP contribution in [0.5, 0.6) is 5.75 Å². The molecule has 64 heavy (non-hydrogen) atoms. The molecule has 3 N–H and O–H groups in total. The number of amides is 2. The third-order valence-corrected chi connectivity index (χ3v) is 11.8. The fourth-order valence-corrected chi connectivity index (χ4v) is 8.46. The second-order valence-corrected chi connectivity index (χ2v) is 16.4. The highest BCUT2D eigenvalue weighted by Crippen LogP contribution is 2.35. The van der Waals surface area contributed by atoms with Gasteiger partial charge in [0.25, 0.3) is 11.5 Å². The number of ether oxygens (including phenoxy) is 2. The molecule has 2 aliphatic rings. The summed E-state index contributed by atoms with van der Waals surface area (Å²) < 4.78 is 53.2. The molecule has 7 rings (SSSR count). The van der Waals surface area contributed by atoms with Gasteiger partial charge in [0, 0.05) is 49.2 Å². The predicted octanol–water partition coefficient (Wildman–Crippen LogP) is 7.03. The Bertz CT molecular complexity index is 2480. The molecule has 18 heteroatoms. The summed E-state index contributed by atoms with van der Waals surface area (Å²) in [6.45, 7) is 4.95. The molecule has 2 fully saturated rings. The number of fused-ring (bicyclic) bond motifs is 1. The van der Waals surface area contributed by atoms with E-state index < -0.39 is 23.7 Å². The molecule has 0 unspecified atom stereocenters. The number of esters is 1. The number of unbranched alkanes of at least 4 members (excludes halogenated alkanes) is 1. The van der Waals surface area contributed by atoms with E-state index in [1.165, 1.54) is 30.0 Å². The van der Waals surface area contributed by atoms with E-state index in [0.29, 0.717) is 35.1 Å². The maximum atomic E-state index is 13.3. The summed E-state index contributed by atoms with van der Waals surface area (Å²) in [7, 11) is 1.45. The van der Waals surface area contributed by atoms with Crippen molar-refractivity contribution in [3.8, 4) is 5.75 Å². The molecule has 5 aromatic rings. The van der Waals surface area contributed by atoms with Crippen molar-refractivity contribution in [3.63, 3.8) is 0 Å². The number of carbonyl (C=O) groups excluding carboxylic acids is 3. The Morgan fingerprint density at radius 2 is 1.78 bits per heavy atom. The van der Waals surface area contributed by atoms with Crippen LogP contribution in [0.4, 0.5) is 30.2 Å². The molecule has 1 aromatic carbocycles. The highest BCUT2D eigenvalue weighted by atomic mass is 19.4. The molecule has 1 aliphatic carbocycles. The van der Waals surface area contributed by atoms with Gasteiger partial charge in [0.05, 0.1) is 54.5 Å². The third kappa shape index (κ3) is 11.8. The molecule has 5 heterocycles. The Hall–Kier alpha value is -6.30. The van der Waals surface area contributed by atoms with E-state index in [-0.39, 0.29) is 42.3 Å². The highest BCUT2D eigenvalue weighted by molar-refractivity contribution is 6.05. The number of alkyl halides is 3. The topological polar surface area (TPSA) is 175 Å². The SMILES string of the molecule is CCOC(=O)Cn1cc(NC(=O)[C@H]2CCCN(c3cncc(CCCCNCC4CCC(n5cc6cc(NC(=O)c7cccc(C(F)(F)F)n7)c(OC)cc6n5)CC4)c3)C2)ccc1=O. The molecule has 1 aliphatic heterocycles. The van der Waals surface area contributed by atoms with Crippen LogP contribution < -0.4 is 31.1 Å². The molecule has 1 saturated carbocycles. The molecule has 15 nitrogen and oxygen atoms in total. The molecule has 1 atom stereocenters. The Morgan fingerprint density at radius 1 is 0.953 bits per heavy atom. The lowest BCUT2D eigenvalue weighted by Gasteiger charge is -2.33. The van der Waals surface area contributed by atoms with E-state index in [1.807, 2.05) is 23.3 Å². The van der Waals surface area contributed by atoms with E-state index in [1.54, 1.807) is 25.1 Å². The summed E-state index contributed by atoms with van der Waals surface area (Å²) in [5, 5.41) is 14.8. The van der Waals surface area contributed by atoms with Crippen molar-refractivity contribution in [2.45, 2.75) is 83.5 Å². The number of aryl methyl sites for hydroxylation is 1. The minimum Gasteiger partial charge on any atom is -0.494 e. The summed E-state index contributed by atoms with van der Waals surface area (Å²) in [6, 6.07) is 11.9. The number of benzene rings is 1. The molecule has 4 aromatic heterocycles. The van der Waals surface area contributed by atoms with E-state index in [2.05, 4.69) is 36.9 Å². The molecule has 0 spiro atoms. The number of hydrogen-bond acceptors (Lipinski definition) is 11. The molecular formula is C46H54F3N9O6. The summed E-state index contributed by atoms with van der Waals surface area (Å²) >= 11 is 0. The first-order chi connectivity index (χ1) is 30.9. The molecule has 0 radical (unpaired) electrons. The zero-order chi connectivity index (χ0) is 45.2. The fraction of sp³-hybridized carbons (Fsp3) is 0.457. The van der Waals surface area contributed by atoms with Gasteiger partial charge < -0.3 is 34.9 Å². The van der Waals surface area contributed by atoms with Gasteiger partial charge in [0.2, 0.25) is 5.91 Å². The van der Waals surface area contributed by atoms with Crippen molar-refractivity contribution >= 4 is 45.7 Å². The van der Waals surface area contributed by atoms with Crippen LogP contribution in [-0.2, 0) is 33.5 Å². The van der Waals surface area contributed by atoms with Gasteiger partial charge in [-0.05, 0) is 120 Å². The molecule has 340 valence electrons. The molecule has 1 saturated heterocycles. The van der Waals surface area contributed by atoms with Gasteiger partial charge in [0.15, 0.2) is 0 Å². The minimum absolute atomic E-state index is 0.133. The monoisotopic (exact) mass is 885 g/mol. The van der Waals surface area contributed by atoms with Crippen molar-refractivity contribution in [1.82, 2.24) is 29.6 Å². The normalized spacial score (nSPS) is 17.8. The standard InChI is InChI=1S/C46H54F3N9O6/c1-3-64-43(60)29-57-28-34(14-17-42(57)59)52-44(61)32-9-7-19-56(26-32)36-20-31(24-51-25-36)8-4-5-18-50-23-30-12-15-35(16-13-30)58-27-33-21-39(40(63-2)22-38(33)55-58)54-45(62)37-10-6-11-41(53-37)46(47,48)49/h6,10-11,14,17,20-22,24-25,27-28,30,32,35,50H,3-5,7-9,12-13,15-16,18-19,23,26,29H2,1-2H3,(H,52,61)(H,54,62)/t30?,32-,35?/m0/s1. The van der Waals surface area contributed by atoms with Crippen LogP contribution in [0.15, 0.2) is 78.1 Å². The summed E-state index contributed by atoms with van der Waals surface area (Å²) in [5.74, 6) is -0.778. The summed E-state index contributed by atoms with van der Waals surface area (Å²) in [6.07, 6.45) is 11.1. The van der Waals surface area contributed by atoms with Gasteiger partial charge in [-0.3, -0.25) is 28.8 Å². The number of methoxy groups -OCH3 is 1. The van der Waals surface area contributed by atoms with Crippen LogP contribution in [0.1, 0.15) is 86.1 Å². The van der Waals surface area contributed by atoms with Gasteiger partial charge in [-0.1, -0.05) is 6.07 Å². The largest absolute Gasteiger partial charge is 0.494 e.